The average molecular weight is 573 g/mol. The first-order valence-electron chi connectivity index (χ1n) is 14.3. The van der Waals surface area contributed by atoms with Crippen LogP contribution < -0.4 is 19.7 Å². The maximum absolute atomic E-state index is 13.0. The zero-order valence-corrected chi connectivity index (χ0v) is 25.5. The molecule has 4 atom stereocenters. The van der Waals surface area contributed by atoms with E-state index in [9.17, 15) is 9.90 Å². The van der Waals surface area contributed by atoms with Gasteiger partial charge in [0.2, 0.25) is 5.91 Å². The highest BCUT2D eigenvalue weighted by molar-refractivity contribution is 6.91. The minimum atomic E-state index is -2.11. The molecule has 8 heteroatoms. The highest BCUT2D eigenvalue weighted by atomic mass is 28.3. The maximum Gasteiger partial charge on any atom is 0.247 e. The number of hydrogen-bond donors (Lipinski definition) is 1. The van der Waals surface area contributed by atoms with Crippen molar-refractivity contribution in [2.75, 3.05) is 25.8 Å². The zero-order chi connectivity index (χ0) is 29.1. The molecule has 0 aromatic heterocycles. The Balaban J connectivity index is 1.48. The van der Waals surface area contributed by atoms with Gasteiger partial charge in [0.15, 0.2) is 0 Å². The van der Waals surface area contributed by atoms with E-state index < -0.39 is 8.07 Å². The number of nitrogens with zero attached hydrogens (tertiary/aromatic N) is 2. The number of benzene rings is 3. The van der Waals surface area contributed by atoms with Gasteiger partial charge in [-0.3, -0.25) is 4.79 Å². The van der Waals surface area contributed by atoms with E-state index >= 15 is 0 Å². The number of carbonyl (C=O) groups excluding carboxylic acids is 1. The molecule has 216 valence electrons. The lowest BCUT2D eigenvalue weighted by Gasteiger charge is -2.46. The minimum absolute atomic E-state index is 0.0183. The van der Waals surface area contributed by atoms with E-state index in [0.29, 0.717) is 24.9 Å². The SMILES string of the molecule is COc1ccc([Si](C)(C)C(CCO)[C@H]2Oc3ccc(N4N=C(c5ccccc5)CCC4=O)cc3[C@@H](OC)[C@@H]2C)cc1. The number of rotatable bonds is 9. The topological polar surface area (TPSA) is 80.6 Å². The molecule has 1 unspecified atom stereocenters. The first kappa shape index (κ1) is 29.0. The molecular formula is C33H40N2O5Si. The van der Waals surface area contributed by atoms with Crippen LogP contribution in [0.3, 0.4) is 0 Å². The van der Waals surface area contributed by atoms with Crippen LogP contribution >= 0.6 is 0 Å². The van der Waals surface area contributed by atoms with Gasteiger partial charge in [-0.1, -0.05) is 67.7 Å². The molecule has 2 heterocycles. The van der Waals surface area contributed by atoms with Crippen LogP contribution in [0.25, 0.3) is 0 Å². The van der Waals surface area contributed by atoms with Crippen molar-refractivity contribution in [2.45, 2.75) is 57.0 Å². The molecule has 0 saturated heterocycles. The third-order valence-electron chi connectivity index (χ3n) is 8.79. The first-order valence-corrected chi connectivity index (χ1v) is 17.4. The highest BCUT2D eigenvalue weighted by Gasteiger charge is 2.47. The number of aliphatic hydroxyl groups excluding tert-OH is 1. The summed E-state index contributed by atoms with van der Waals surface area (Å²) in [6, 6.07) is 24.1. The Labute approximate surface area is 243 Å². The zero-order valence-electron chi connectivity index (χ0n) is 24.5. The van der Waals surface area contributed by atoms with E-state index in [-0.39, 0.29) is 36.2 Å². The quantitative estimate of drug-likeness (QED) is 0.334. The number of aliphatic hydroxyl groups is 1. The van der Waals surface area contributed by atoms with Crippen molar-refractivity contribution in [3.8, 4) is 11.5 Å². The standard InChI is InChI=1S/C33H40N2O5Si/c1-22-32(39-3)27-21-24(35-31(37)18-16-28(34-35)23-9-7-6-8-10-23)11-17-29(27)40-33(22)30(19-20-36)41(4,5)26-14-12-25(38-2)13-15-26/h6-15,17,21-22,30,32-33,36H,16,18-20H2,1-5H3/t22-,30?,32-,33-/m0/s1. The van der Waals surface area contributed by atoms with E-state index in [0.717, 1.165) is 28.3 Å². The molecule has 0 fully saturated rings. The monoisotopic (exact) mass is 572 g/mol. The molecule has 1 N–H and O–H groups in total. The Hall–Kier alpha value is -3.46. The smallest absolute Gasteiger partial charge is 0.247 e. The van der Waals surface area contributed by atoms with Gasteiger partial charge in [0.1, 0.15) is 17.6 Å². The summed E-state index contributed by atoms with van der Waals surface area (Å²) in [5.74, 6) is 1.57. The molecule has 0 aliphatic carbocycles. The molecular weight excluding hydrogens is 532 g/mol. The Morgan fingerprint density at radius 1 is 1.05 bits per heavy atom. The van der Waals surface area contributed by atoms with Gasteiger partial charge in [-0.05, 0) is 47.9 Å². The predicted molar refractivity (Wildman–Crippen MR) is 165 cm³/mol. The number of hydrazone groups is 1. The van der Waals surface area contributed by atoms with Gasteiger partial charge in [0, 0.05) is 38.0 Å². The Morgan fingerprint density at radius 3 is 2.44 bits per heavy atom. The number of fused-ring (bicyclic) bond motifs is 1. The van der Waals surface area contributed by atoms with Gasteiger partial charge in [0.05, 0.1) is 32.7 Å². The molecule has 3 aromatic rings. The summed E-state index contributed by atoms with van der Waals surface area (Å²) in [5, 5.41) is 17.7. The van der Waals surface area contributed by atoms with Crippen molar-refractivity contribution in [3.63, 3.8) is 0 Å². The van der Waals surface area contributed by atoms with Gasteiger partial charge >= 0.3 is 0 Å². The van der Waals surface area contributed by atoms with Crippen molar-refractivity contribution >= 4 is 30.6 Å². The second-order valence-corrected chi connectivity index (χ2v) is 16.3. The van der Waals surface area contributed by atoms with Crippen molar-refractivity contribution in [3.05, 3.63) is 83.9 Å². The molecule has 41 heavy (non-hydrogen) atoms. The van der Waals surface area contributed by atoms with Crippen molar-refractivity contribution in [2.24, 2.45) is 11.0 Å². The number of hydrogen-bond acceptors (Lipinski definition) is 6. The maximum atomic E-state index is 13.0. The lowest BCUT2D eigenvalue weighted by atomic mass is 9.86. The van der Waals surface area contributed by atoms with E-state index in [2.05, 4.69) is 32.2 Å². The molecule has 7 nitrogen and oxygen atoms in total. The van der Waals surface area contributed by atoms with Gasteiger partial charge < -0.3 is 19.3 Å². The summed E-state index contributed by atoms with van der Waals surface area (Å²) >= 11 is 0. The molecule has 5 rings (SSSR count). The van der Waals surface area contributed by atoms with Crippen LogP contribution in [-0.2, 0) is 9.53 Å². The number of methoxy groups -OCH3 is 2. The third-order valence-corrected chi connectivity index (χ3v) is 13.1. The molecule has 1 amide bonds. The van der Waals surface area contributed by atoms with Gasteiger partial charge in [-0.15, -0.1) is 0 Å². The Morgan fingerprint density at radius 2 is 1.78 bits per heavy atom. The predicted octanol–water partition coefficient (Wildman–Crippen LogP) is 5.68. The van der Waals surface area contributed by atoms with Gasteiger partial charge in [-0.2, -0.15) is 5.10 Å². The fourth-order valence-electron chi connectivity index (χ4n) is 6.40. The summed E-state index contributed by atoms with van der Waals surface area (Å²) in [5.41, 5.74) is 3.68. The molecule has 0 saturated carbocycles. The second-order valence-electron chi connectivity index (χ2n) is 11.5. The fourth-order valence-corrected chi connectivity index (χ4v) is 9.90. The van der Waals surface area contributed by atoms with Crippen molar-refractivity contribution < 1.29 is 24.1 Å². The number of amides is 1. The second kappa shape index (κ2) is 12.2. The molecule has 0 bridgehead atoms. The average Bonchev–Trinajstić information content (AvgIpc) is 3.00. The van der Waals surface area contributed by atoms with Gasteiger partial charge in [0.25, 0.3) is 0 Å². The lowest BCUT2D eigenvalue weighted by Crippen LogP contribution is -2.54. The minimum Gasteiger partial charge on any atom is -0.497 e. The lowest BCUT2D eigenvalue weighted by molar-refractivity contribution is -0.118. The highest BCUT2D eigenvalue weighted by Crippen LogP contribution is 2.48. The van der Waals surface area contributed by atoms with E-state index in [1.165, 1.54) is 10.2 Å². The van der Waals surface area contributed by atoms with Crippen LogP contribution in [0.5, 0.6) is 11.5 Å². The van der Waals surface area contributed by atoms with E-state index in [1.54, 1.807) is 14.2 Å². The van der Waals surface area contributed by atoms with Crippen LogP contribution in [0.1, 0.15) is 43.4 Å². The van der Waals surface area contributed by atoms with Crippen LogP contribution in [0.15, 0.2) is 77.9 Å². The molecule has 3 aromatic carbocycles. The Bertz CT molecular complexity index is 1390. The van der Waals surface area contributed by atoms with Crippen LogP contribution in [0.4, 0.5) is 5.69 Å². The summed E-state index contributed by atoms with van der Waals surface area (Å²) < 4.78 is 18.3. The normalized spacial score (nSPS) is 21.5. The summed E-state index contributed by atoms with van der Waals surface area (Å²) in [6.45, 7) is 6.94. The fraction of sp³-hybridized carbons (Fsp3) is 0.394. The largest absolute Gasteiger partial charge is 0.497 e. The van der Waals surface area contributed by atoms with Crippen molar-refractivity contribution in [1.82, 2.24) is 0 Å². The third kappa shape index (κ3) is 5.69. The van der Waals surface area contributed by atoms with Gasteiger partial charge in [-0.25, -0.2) is 5.01 Å². The van der Waals surface area contributed by atoms with Crippen LogP contribution in [0, 0.1) is 5.92 Å². The summed E-state index contributed by atoms with van der Waals surface area (Å²) in [6.07, 6.45) is 1.29. The van der Waals surface area contributed by atoms with Crippen LogP contribution in [0.2, 0.25) is 18.6 Å². The first-order chi connectivity index (χ1) is 19.8. The summed E-state index contributed by atoms with van der Waals surface area (Å²) in [4.78, 5) is 13.0. The Kier molecular flexibility index (Phi) is 8.63. The van der Waals surface area contributed by atoms with Crippen LogP contribution in [-0.4, -0.2) is 51.7 Å². The number of ether oxygens (including phenoxy) is 3. The summed E-state index contributed by atoms with van der Waals surface area (Å²) in [7, 11) is 1.29. The molecule has 2 aliphatic rings. The molecule has 0 radical (unpaired) electrons. The molecule has 0 spiro atoms. The van der Waals surface area contributed by atoms with E-state index in [1.807, 2.05) is 60.7 Å². The number of carbonyl (C=O) groups is 1. The van der Waals surface area contributed by atoms with E-state index in [4.69, 9.17) is 19.3 Å². The number of anilines is 1. The van der Waals surface area contributed by atoms with Crippen molar-refractivity contribution in [1.29, 1.82) is 0 Å². The molecule has 2 aliphatic heterocycles.